The molecule has 1 saturated carbocycles. The third-order valence-corrected chi connectivity index (χ3v) is 6.05. The van der Waals surface area contributed by atoms with Gasteiger partial charge in [0.25, 0.3) is 0 Å². The molecule has 32 heavy (non-hydrogen) atoms. The molecule has 6 nitrogen and oxygen atoms in total. The second kappa shape index (κ2) is 10.2. The lowest BCUT2D eigenvalue weighted by Crippen LogP contribution is -2.21. The van der Waals surface area contributed by atoms with Gasteiger partial charge in [0.05, 0.1) is 31.4 Å². The summed E-state index contributed by atoms with van der Waals surface area (Å²) < 4.78 is 18.8. The average molecular weight is 437 g/mol. The van der Waals surface area contributed by atoms with E-state index in [0.29, 0.717) is 29.9 Å². The number of nitrogens with zero attached hydrogens (tertiary/aromatic N) is 2. The SMILES string of the molecule is COC(=O)c1cc2cn([C@H]3CC[C@H](COCc4ccccc4)CC3)nc2cc1OC(C)C. The minimum Gasteiger partial charge on any atom is -0.490 e. The van der Waals surface area contributed by atoms with Gasteiger partial charge in [-0.2, -0.15) is 5.10 Å². The Labute approximate surface area is 189 Å². The second-order valence-electron chi connectivity index (χ2n) is 8.85. The van der Waals surface area contributed by atoms with Crippen LogP contribution in [0.15, 0.2) is 48.7 Å². The minimum atomic E-state index is -0.397. The number of carbonyl (C=O) groups excluding carboxylic acids is 1. The summed E-state index contributed by atoms with van der Waals surface area (Å²) in [4.78, 5) is 12.2. The highest BCUT2D eigenvalue weighted by molar-refractivity contribution is 5.97. The molecule has 3 aromatic rings. The highest BCUT2D eigenvalue weighted by atomic mass is 16.5. The standard InChI is InChI=1S/C26H32N2O4/c1-18(2)32-25-14-24-21(13-23(25)26(29)30-3)15-28(27-24)22-11-9-20(10-12-22)17-31-16-19-7-5-4-6-8-19/h4-8,13-15,18,20,22H,9-12,16-17H2,1-3H3/t20-,22-. The number of aromatic nitrogens is 2. The molecule has 0 radical (unpaired) electrons. The van der Waals surface area contributed by atoms with Crippen LogP contribution in [0.3, 0.4) is 0 Å². The van der Waals surface area contributed by atoms with Gasteiger partial charge in [0.2, 0.25) is 0 Å². The zero-order valence-corrected chi connectivity index (χ0v) is 19.1. The summed E-state index contributed by atoms with van der Waals surface area (Å²) in [6.07, 6.45) is 6.41. The van der Waals surface area contributed by atoms with Crippen LogP contribution >= 0.6 is 0 Å². The summed E-state index contributed by atoms with van der Waals surface area (Å²) in [5.41, 5.74) is 2.49. The zero-order valence-electron chi connectivity index (χ0n) is 19.1. The first-order valence-corrected chi connectivity index (χ1v) is 11.4. The fraction of sp³-hybridized carbons (Fsp3) is 0.462. The molecule has 4 rings (SSSR count). The number of rotatable bonds is 8. The molecule has 0 bridgehead atoms. The molecular formula is C26H32N2O4. The third kappa shape index (κ3) is 5.30. The zero-order chi connectivity index (χ0) is 22.5. The van der Waals surface area contributed by atoms with Gasteiger partial charge in [0.15, 0.2) is 0 Å². The maximum absolute atomic E-state index is 12.2. The van der Waals surface area contributed by atoms with Crippen molar-refractivity contribution in [2.75, 3.05) is 13.7 Å². The molecule has 0 saturated heterocycles. The van der Waals surface area contributed by atoms with E-state index in [-0.39, 0.29) is 6.10 Å². The lowest BCUT2D eigenvalue weighted by atomic mass is 9.86. The first-order chi connectivity index (χ1) is 15.5. The summed E-state index contributed by atoms with van der Waals surface area (Å²) in [5, 5.41) is 5.74. The van der Waals surface area contributed by atoms with Crippen LogP contribution in [0.25, 0.3) is 10.9 Å². The quantitative estimate of drug-likeness (QED) is 0.433. The highest BCUT2D eigenvalue weighted by Crippen LogP contribution is 2.34. The van der Waals surface area contributed by atoms with Crippen molar-refractivity contribution in [1.29, 1.82) is 0 Å². The predicted octanol–water partition coefficient (Wildman–Crippen LogP) is 5.56. The fourth-order valence-electron chi connectivity index (χ4n) is 4.37. The van der Waals surface area contributed by atoms with Crippen LogP contribution in [0.2, 0.25) is 0 Å². The largest absolute Gasteiger partial charge is 0.490 e. The normalized spacial score (nSPS) is 18.8. The highest BCUT2D eigenvalue weighted by Gasteiger charge is 2.24. The molecule has 1 fully saturated rings. The van der Waals surface area contributed by atoms with E-state index in [1.54, 1.807) is 0 Å². The Morgan fingerprint density at radius 1 is 1.12 bits per heavy atom. The van der Waals surface area contributed by atoms with Crippen LogP contribution < -0.4 is 4.74 Å². The molecule has 0 spiro atoms. The van der Waals surface area contributed by atoms with Gasteiger partial charge in [-0.05, 0) is 57.1 Å². The Kier molecular flexibility index (Phi) is 7.10. The Bertz CT molecular complexity index is 1040. The fourth-order valence-corrected chi connectivity index (χ4v) is 4.37. The molecule has 0 atom stereocenters. The molecule has 0 amide bonds. The third-order valence-electron chi connectivity index (χ3n) is 6.05. The van der Waals surface area contributed by atoms with Gasteiger partial charge in [0, 0.05) is 24.3 Å². The van der Waals surface area contributed by atoms with E-state index in [4.69, 9.17) is 19.3 Å². The smallest absolute Gasteiger partial charge is 0.341 e. The summed E-state index contributed by atoms with van der Waals surface area (Å²) in [7, 11) is 1.39. The number of esters is 1. The number of carbonyl (C=O) groups is 1. The van der Waals surface area contributed by atoms with Crippen molar-refractivity contribution in [1.82, 2.24) is 9.78 Å². The van der Waals surface area contributed by atoms with Crippen LogP contribution in [-0.2, 0) is 16.1 Å². The molecule has 2 aromatic carbocycles. The average Bonchev–Trinajstić information content (AvgIpc) is 3.22. The first-order valence-electron chi connectivity index (χ1n) is 11.4. The molecule has 0 unspecified atom stereocenters. The van der Waals surface area contributed by atoms with Gasteiger partial charge in [-0.25, -0.2) is 4.79 Å². The van der Waals surface area contributed by atoms with E-state index in [1.807, 2.05) is 50.4 Å². The van der Waals surface area contributed by atoms with Crippen molar-refractivity contribution in [2.45, 2.75) is 58.3 Å². The van der Waals surface area contributed by atoms with Gasteiger partial charge in [-0.3, -0.25) is 4.68 Å². The van der Waals surface area contributed by atoms with E-state index < -0.39 is 5.97 Å². The molecule has 1 aromatic heterocycles. The number of benzene rings is 2. The number of hydrogen-bond acceptors (Lipinski definition) is 5. The van der Waals surface area contributed by atoms with Crippen molar-refractivity contribution >= 4 is 16.9 Å². The second-order valence-corrected chi connectivity index (χ2v) is 8.85. The molecule has 1 aliphatic carbocycles. The van der Waals surface area contributed by atoms with Gasteiger partial charge in [-0.1, -0.05) is 30.3 Å². The van der Waals surface area contributed by atoms with Crippen LogP contribution in [0.5, 0.6) is 5.75 Å². The maximum atomic E-state index is 12.2. The number of fused-ring (bicyclic) bond motifs is 1. The summed E-state index contributed by atoms with van der Waals surface area (Å²) >= 11 is 0. The number of hydrogen-bond donors (Lipinski definition) is 0. The van der Waals surface area contributed by atoms with Crippen molar-refractivity contribution in [3.8, 4) is 5.75 Å². The first kappa shape index (κ1) is 22.3. The van der Waals surface area contributed by atoms with Gasteiger partial charge in [0.1, 0.15) is 11.3 Å². The topological polar surface area (TPSA) is 62.6 Å². The predicted molar refractivity (Wildman–Crippen MR) is 124 cm³/mol. The molecule has 6 heteroatoms. The van der Waals surface area contributed by atoms with E-state index in [1.165, 1.54) is 12.7 Å². The number of ether oxygens (including phenoxy) is 3. The molecule has 0 N–H and O–H groups in total. The van der Waals surface area contributed by atoms with Gasteiger partial charge >= 0.3 is 5.97 Å². The summed E-state index contributed by atoms with van der Waals surface area (Å²) in [5.74, 6) is 0.715. The van der Waals surface area contributed by atoms with E-state index in [2.05, 4.69) is 16.8 Å². The number of methoxy groups -OCH3 is 1. The van der Waals surface area contributed by atoms with Crippen LogP contribution in [0, 0.1) is 5.92 Å². The van der Waals surface area contributed by atoms with Gasteiger partial charge < -0.3 is 14.2 Å². The van der Waals surface area contributed by atoms with Crippen molar-refractivity contribution in [3.05, 3.63) is 59.8 Å². The Hall–Kier alpha value is -2.86. The molecular weight excluding hydrogens is 404 g/mol. The van der Waals surface area contributed by atoms with E-state index in [9.17, 15) is 4.79 Å². The summed E-state index contributed by atoms with van der Waals surface area (Å²) in [6.45, 7) is 5.35. The lowest BCUT2D eigenvalue weighted by Gasteiger charge is -2.28. The minimum absolute atomic E-state index is 0.0441. The maximum Gasteiger partial charge on any atom is 0.341 e. The monoisotopic (exact) mass is 436 g/mol. The van der Waals surface area contributed by atoms with Crippen LogP contribution in [0.1, 0.15) is 61.5 Å². The Morgan fingerprint density at radius 3 is 2.56 bits per heavy atom. The molecule has 170 valence electrons. The van der Waals surface area contributed by atoms with E-state index >= 15 is 0 Å². The molecule has 0 aliphatic heterocycles. The lowest BCUT2D eigenvalue weighted by molar-refractivity contribution is 0.0594. The van der Waals surface area contributed by atoms with Crippen LogP contribution in [0.4, 0.5) is 0 Å². The van der Waals surface area contributed by atoms with Gasteiger partial charge in [-0.15, -0.1) is 0 Å². The van der Waals surface area contributed by atoms with Crippen molar-refractivity contribution in [3.63, 3.8) is 0 Å². The molecule has 1 aliphatic rings. The Balaban J connectivity index is 1.39. The van der Waals surface area contributed by atoms with E-state index in [0.717, 1.165) is 43.2 Å². The summed E-state index contributed by atoms with van der Waals surface area (Å²) in [6, 6.07) is 14.4. The van der Waals surface area contributed by atoms with Crippen LogP contribution in [-0.4, -0.2) is 35.6 Å². The van der Waals surface area contributed by atoms with Crippen molar-refractivity contribution < 1.29 is 19.0 Å². The van der Waals surface area contributed by atoms with Crippen molar-refractivity contribution in [2.24, 2.45) is 5.92 Å². The Morgan fingerprint density at radius 2 is 1.88 bits per heavy atom. The molecule has 1 heterocycles.